The van der Waals surface area contributed by atoms with Crippen LogP contribution in [-0.4, -0.2) is 6.17 Å². The van der Waals surface area contributed by atoms with E-state index in [0.29, 0.717) is 5.92 Å². The van der Waals surface area contributed by atoms with Crippen LogP contribution in [0.1, 0.15) is 12.8 Å². The van der Waals surface area contributed by atoms with Crippen LogP contribution in [0.2, 0.25) is 0 Å². The third-order valence-corrected chi connectivity index (χ3v) is 1.13. The Labute approximate surface area is 37.4 Å². The maximum Gasteiger partial charge on any atom is 0.103 e. The van der Waals surface area contributed by atoms with Gasteiger partial charge < -0.3 is 0 Å². The molecular formula is C5H8F. The SMILES string of the molecule is [CH2]C(F)C1CC1. The molecule has 0 saturated heterocycles. The van der Waals surface area contributed by atoms with Gasteiger partial charge in [-0.3, -0.25) is 0 Å². The molecule has 1 atom stereocenters. The van der Waals surface area contributed by atoms with E-state index >= 15 is 0 Å². The number of rotatable bonds is 1. The van der Waals surface area contributed by atoms with E-state index in [-0.39, 0.29) is 0 Å². The van der Waals surface area contributed by atoms with Crippen molar-refractivity contribution in [3.8, 4) is 0 Å². The third kappa shape index (κ3) is 0.703. The summed E-state index contributed by atoms with van der Waals surface area (Å²) in [5.41, 5.74) is 0. The molecule has 0 N–H and O–H groups in total. The molecule has 1 heteroatoms. The van der Waals surface area contributed by atoms with E-state index < -0.39 is 6.17 Å². The Kier molecular flexibility index (Phi) is 0.827. The highest BCUT2D eigenvalue weighted by molar-refractivity contribution is 4.81. The Morgan fingerprint density at radius 3 is 2.17 bits per heavy atom. The zero-order chi connectivity index (χ0) is 4.57. The van der Waals surface area contributed by atoms with Gasteiger partial charge in [0.1, 0.15) is 6.17 Å². The van der Waals surface area contributed by atoms with Gasteiger partial charge in [-0.2, -0.15) is 0 Å². The fourth-order valence-electron chi connectivity index (χ4n) is 0.458. The first-order valence-electron chi connectivity index (χ1n) is 2.28. The van der Waals surface area contributed by atoms with Crippen molar-refractivity contribution < 1.29 is 4.39 Å². The van der Waals surface area contributed by atoms with Crippen LogP contribution in [-0.2, 0) is 0 Å². The average Bonchev–Trinajstić information content (AvgIpc) is 2.06. The molecular weight excluding hydrogens is 79.1 g/mol. The topological polar surface area (TPSA) is 0 Å². The van der Waals surface area contributed by atoms with Crippen LogP contribution in [0.25, 0.3) is 0 Å². The van der Waals surface area contributed by atoms with Crippen molar-refractivity contribution in [2.45, 2.75) is 19.0 Å². The second kappa shape index (κ2) is 1.21. The molecule has 6 heavy (non-hydrogen) atoms. The van der Waals surface area contributed by atoms with Crippen LogP contribution in [0.3, 0.4) is 0 Å². The van der Waals surface area contributed by atoms with E-state index in [2.05, 4.69) is 6.92 Å². The maximum atomic E-state index is 11.8. The first kappa shape index (κ1) is 4.10. The highest BCUT2D eigenvalue weighted by Gasteiger charge is 2.27. The first-order chi connectivity index (χ1) is 2.80. The molecule has 1 radical (unpaired) electrons. The van der Waals surface area contributed by atoms with Gasteiger partial charge >= 0.3 is 0 Å². The lowest BCUT2D eigenvalue weighted by molar-refractivity contribution is 0.358. The summed E-state index contributed by atoms with van der Waals surface area (Å²) in [6.45, 7) is 3.23. The molecule has 1 unspecified atom stereocenters. The molecule has 35 valence electrons. The second-order valence-electron chi connectivity index (χ2n) is 1.85. The van der Waals surface area contributed by atoms with Crippen LogP contribution in [0.5, 0.6) is 0 Å². The standard InChI is InChI=1S/C5H8F/c1-4(6)5-2-3-5/h4-5H,1-3H2. The smallest absolute Gasteiger partial charge is 0.103 e. The minimum atomic E-state index is -0.787. The summed E-state index contributed by atoms with van der Waals surface area (Å²) in [6.07, 6.45) is 1.33. The molecule has 1 saturated carbocycles. The van der Waals surface area contributed by atoms with E-state index in [1.807, 2.05) is 0 Å². The molecule has 0 nitrogen and oxygen atoms in total. The molecule has 0 amide bonds. The second-order valence-corrected chi connectivity index (χ2v) is 1.85. The van der Waals surface area contributed by atoms with Crippen molar-refractivity contribution in [1.82, 2.24) is 0 Å². The summed E-state index contributed by atoms with van der Waals surface area (Å²) in [4.78, 5) is 0. The lowest BCUT2D eigenvalue weighted by atomic mass is 10.3. The van der Waals surface area contributed by atoms with Crippen molar-refractivity contribution in [1.29, 1.82) is 0 Å². The first-order valence-corrected chi connectivity index (χ1v) is 2.28. The van der Waals surface area contributed by atoms with Crippen LogP contribution in [0.15, 0.2) is 0 Å². The number of alkyl halides is 1. The molecule has 1 fully saturated rings. The molecule has 0 aromatic heterocycles. The van der Waals surface area contributed by atoms with E-state index in [1.54, 1.807) is 0 Å². The van der Waals surface area contributed by atoms with Gasteiger partial charge in [0.25, 0.3) is 0 Å². The van der Waals surface area contributed by atoms with E-state index in [1.165, 1.54) is 0 Å². The van der Waals surface area contributed by atoms with Crippen molar-refractivity contribution in [3.63, 3.8) is 0 Å². The van der Waals surface area contributed by atoms with Gasteiger partial charge in [0.15, 0.2) is 0 Å². The van der Waals surface area contributed by atoms with Crippen molar-refractivity contribution in [2.75, 3.05) is 0 Å². The fraction of sp³-hybridized carbons (Fsp3) is 0.800. The summed E-state index contributed by atoms with van der Waals surface area (Å²) in [6, 6.07) is 0. The number of hydrogen-bond acceptors (Lipinski definition) is 0. The highest BCUT2D eigenvalue weighted by Crippen LogP contribution is 2.33. The summed E-state index contributed by atoms with van der Waals surface area (Å²) in [5.74, 6) is 0.324. The summed E-state index contributed by atoms with van der Waals surface area (Å²) in [5, 5.41) is 0. The van der Waals surface area contributed by atoms with Crippen LogP contribution >= 0.6 is 0 Å². The molecule has 1 aliphatic carbocycles. The predicted molar refractivity (Wildman–Crippen MR) is 23.0 cm³/mol. The third-order valence-electron chi connectivity index (χ3n) is 1.13. The van der Waals surface area contributed by atoms with E-state index in [0.717, 1.165) is 12.8 Å². The Hall–Kier alpha value is -0.0700. The zero-order valence-corrected chi connectivity index (χ0v) is 3.65. The summed E-state index contributed by atoms with van der Waals surface area (Å²) < 4.78 is 11.8. The molecule has 0 spiro atoms. The zero-order valence-electron chi connectivity index (χ0n) is 3.65. The van der Waals surface area contributed by atoms with E-state index in [9.17, 15) is 4.39 Å². The normalized spacial score (nSPS) is 27.0. The molecule has 0 heterocycles. The van der Waals surface area contributed by atoms with Gasteiger partial charge in [-0.25, -0.2) is 4.39 Å². The molecule has 0 aromatic carbocycles. The minimum absolute atomic E-state index is 0.324. The Morgan fingerprint density at radius 1 is 1.67 bits per heavy atom. The van der Waals surface area contributed by atoms with Gasteiger partial charge in [-0.1, -0.05) is 0 Å². The minimum Gasteiger partial charge on any atom is -0.247 e. The lowest BCUT2D eigenvalue weighted by Gasteiger charge is -1.89. The fourth-order valence-corrected chi connectivity index (χ4v) is 0.458. The summed E-state index contributed by atoms with van der Waals surface area (Å²) in [7, 11) is 0. The highest BCUT2D eigenvalue weighted by atomic mass is 19.1. The van der Waals surface area contributed by atoms with Crippen LogP contribution in [0, 0.1) is 12.8 Å². The van der Waals surface area contributed by atoms with Gasteiger partial charge in [-0.05, 0) is 25.7 Å². The Morgan fingerprint density at radius 2 is 2.17 bits per heavy atom. The van der Waals surface area contributed by atoms with Crippen molar-refractivity contribution >= 4 is 0 Å². The Balaban J connectivity index is 2.13. The van der Waals surface area contributed by atoms with E-state index in [4.69, 9.17) is 0 Å². The number of halogens is 1. The molecule has 0 aromatic rings. The predicted octanol–water partition coefficient (Wildman–Crippen LogP) is 1.57. The van der Waals surface area contributed by atoms with Crippen molar-refractivity contribution in [2.24, 2.45) is 5.92 Å². The Bertz CT molecular complexity index is 45.9. The average molecular weight is 87.1 g/mol. The molecule has 1 rings (SSSR count). The monoisotopic (exact) mass is 87.1 g/mol. The molecule has 0 bridgehead atoms. The molecule has 1 aliphatic rings. The van der Waals surface area contributed by atoms with Crippen LogP contribution < -0.4 is 0 Å². The van der Waals surface area contributed by atoms with Crippen molar-refractivity contribution in [3.05, 3.63) is 6.92 Å². The largest absolute Gasteiger partial charge is 0.247 e. The van der Waals surface area contributed by atoms with Crippen LogP contribution in [0.4, 0.5) is 4.39 Å². The lowest BCUT2D eigenvalue weighted by Crippen LogP contribution is -1.92. The summed E-state index contributed by atoms with van der Waals surface area (Å²) >= 11 is 0. The van der Waals surface area contributed by atoms with Gasteiger partial charge in [0.05, 0.1) is 0 Å². The molecule has 0 aliphatic heterocycles. The number of hydrogen-bond donors (Lipinski definition) is 0. The van der Waals surface area contributed by atoms with Gasteiger partial charge in [0.2, 0.25) is 0 Å². The quantitative estimate of drug-likeness (QED) is 0.455. The van der Waals surface area contributed by atoms with Gasteiger partial charge in [0, 0.05) is 0 Å². The maximum absolute atomic E-state index is 11.8. The van der Waals surface area contributed by atoms with Gasteiger partial charge in [-0.15, -0.1) is 0 Å².